The number of hydrogen-bond acceptors (Lipinski definition) is 4. The summed E-state index contributed by atoms with van der Waals surface area (Å²) in [4.78, 5) is 30.4. The zero-order valence-corrected chi connectivity index (χ0v) is 15.5. The Kier molecular flexibility index (Phi) is 4.07. The highest BCUT2D eigenvalue weighted by atomic mass is 16.2. The molecule has 5 rings (SSSR count). The minimum atomic E-state index is -0.121. The number of fused-ring (bicyclic) bond motifs is 1. The van der Waals surface area contributed by atoms with E-state index < -0.39 is 0 Å². The van der Waals surface area contributed by atoms with Gasteiger partial charge in [-0.2, -0.15) is 5.10 Å². The molecule has 1 aromatic carbocycles. The maximum atomic E-state index is 12.6. The van der Waals surface area contributed by atoms with Gasteiger partial charge in [-0.05, 0) is 47.7 Å². The third kappa shape index (κ3) is 3.24. The van der Waals surface area contributed by atoms with Crippen molar-refractivity contribution < 1.29 is 9.59 Å². The molecule has 0 saturated heterocycles. The summed E-state index contributed by atoms with van der Waals surface area (Å²) >= 11 is 0. The maximum Gasteiger partial charge on any atom is 0.322 e. The molecule has 1 N–H and O–H groups in total. The topological polar surface area (TPSA) is 77.9 Å². The Morgan fingerprint density at radius 3 is 2.57 bits per heavy atom. The molecule has 7 nitrogen and oxygen atoms in total. The van der Waals surface area contributed by atoms with E-state index in [-0.39, 0.29) is 11.9 Å². The zero-order chi connectivity index (χ0) is 19.1. The van der Waals surface area contributed by atoms with E-state index in [2.05, 4.69) is 15.4 Å². The lowest BCUT2D eigenvalue weighted by molar-refractivity contribution is -0.132. The van der Waals surface area contributed by atoms with Gasteiger partial charge in [0.15, 0.2) is 0 Å². The lowest BCUT2D eigenvalue weighted by Crippen LogP contribution is -2.33. The van der Waals surface area contributed by atoms with E-state index in [1.54, 1.807) is 16.1 Å². The van der Waals surface area contributed by atoms with Gasteiger partial charge < -0.3 is 10.2 Å². The molecule has 3 heterocycles. The highest BCUT2D eigenvalue weighted by Gasteiger charge is 2.35. The molecule has 1 aliphatic carbocycles. The zero-order valence-electron chi connectivity index (χ0n) is 15.5. The first kappa shape index (κ1) is 16.9. The van der Waals surface area contributed by atoms with E-state index in [9.17, 15) is 9.59 Å². The van der Waals surface area contributed by atoms with Crippen LogP contribution >= 0.6 is 0 Å². The molecule has 2 aromatic rings. The second kappa shape index (κ2) is 6.74. The number of pyridine rings is 1. The van der Waals surface area contributed by atoms with E-state index in [1.165, 1.54) is 0 Å². The number of carbonyl (C=O) groups is 2. The summed E-state index contributed by atoms with van der Waals surface area (Å²) in [5.41, 5.74) is 4.92. The van der Waals surface area contributed by atoms with Crippen molar-refractivity contribution in [3.05, 3.63) is 59.4 Å². The molecular weight excluding hydrogens is 354 g/mol. The fourth-order valence-electron chi connectivity index (χ4n) is 3.69. The van der Waals surface area contributed by atoms with Gasteiger partial charge >= 0.3 is 6.03 Å². The number of anilines is 1. The highest BCUT2D eigenvalue weighted by Crippen LogP contribution is 2.30. The smallest absolute Gasteiger partial charge is 0.316 e. The standard InChI is InChI=1S/C21H21N5O2/c27-20-8-7-19(24-26(20)18-5-6-18)14-1-3-17(4-2-14)23-21(28)25-12-15-9-10-22-11-16(15)13-25/h1-4,9-11,18H,5-8,12-13H2,(H,23,28). The van der Waals surface area contributed by atoms with Gasteiger partial charge in [0.2, 0.25) is 5.91 Å². The van der Waals surface area contributed by atoms with Crippen LogP contribution < -0.4 is 5.32 Å². The van der Waals surface area contributed by atoms with Crippen LogP contribution in [0, 0.1) is 0 Å². The number of urea groups is 1. The van der Waals surface area contributed by atoms with Crippen molar-refractivity contribution in [1.82, 2.24) is 14.9 Å². The summed E-state index contributed by atoms with van der Waals surface area (Å²) in [6.07, 6.45) is 6.84. The molecule has 2 aliphatic heterocycles. The second-order valence-electron chi connectivity index (χ2n) is 7.52. The molecule has 1 aromatic heterocycles. The van der Waals surface area contributed by atoms with Gasteiger partial charge in [0.05, 0.1) is 11.8 Å². The SMILES string of the molecule is O=C(Nc1ccc(C2=NN(C3CC3)C(=O)CC2)cc1)N1Cc2ccncc2C1. The van der Waals surface area contributed by atoms with Crippen molar-refractivity contribution in [3.8, 4) is 0 Å². The normalized spacial score (nSPS) is 18.7. The molecule has 3 amide bonds. The van der Waals surface area contributed by atoms with Crippen molar-refractivity contribution in [2.24, 2.45) is 5.10 Å². The third-order valence-corrected chi connectivity index (χ3v) is 5.44. The molecule has 0 unspecified atom stereocenters. The monoisotopic (exact) mass is 375 g/mol. The summed E-state index contributed by atoms with van der Waals surface area (Å²) in [6, 6.07) is 9.82. The number of rotatable bonds is 3. The second-order valence-corrected chi connectivity index (χ2v) is 7.52. The van der Waals surface area contributed by atoms with E-state index in [1.807, 2.05) is 36.5 Å². The Morgan fingerprint density at radius 1 is 1.04 bits per heavy atom. The predicted molar refractivity (Wildman–Crippen MR) is 105 cm³/mol. The molecule has 142 valence electrons. The summed E-state index contributed by atoms with van der Waals surface area (Å²) in [7, 11) is 0. The number of carbonyl (C=O) groups excluding carboxylic acids is 2. The fourth-order valence-corrected chi connectivity index (χ4v) is 3.69. The van der Waals surface area contributed by atoms with Crippen molar-refractivity contribution >= 4 is 23.3 Å². The van der Waals surface area contributed by atoms with Crippen LogP contribution in [0.2, 0.25) is 0 Å². The van der Waals surface area contributed by atoms with Gasteiger partial charge in [0, 0.05) is 44.0 Å². The van der Waals surface area contributed by atoms with Gasteiger partial charge in [-0.1, -0.05) is 12.1 Å². The van der Waals surface area contributed by atoms with Crippen LogP contribution in [-0.2, 0) is 17.9 Å². The summed E-state index contributed by atoms with van der Waals surface area (Å²) in [5, 5.41) is 9.19. The average Bonchev–Trinajstić information content (AvgIpc) is 3.46. The first-order valence-corrected chi connectivity index (χ1v) is 9.65. The lowest BCUT2D eigenvalue weighted by atomic mass is 10.0. The Labute approximate surface area is 163 Å². The molecule has 3 aliphatic rings. The van der Waals surface area contributed by atoms with Crippen LogP contribution in [0.5, 0.6) is 0 Å². The fraction of sp³-hybridized carbons (Fsp3) is 0.333. The van der Waals surface area contributed by atoms with Crippen LogP contribution in [-0.4, -0.2) is 38.6 Å². The summed E-state index contributed by atoms with van der Waals surface area (Å²) in [5.74, 6) is 0.122. The van der Waals surface area contributed by atoms with Gasteiger partial charge in [0.1, 0.15) is 0 Å². The number of nitrogens with one attached hydrogen (secondary N) is 1. The van der Waals surface area contributed by atoms with Crippen molar-refractivity contribution in [2.45, 2.75) is 44.8 Å². The number of hydrazone groups is 1. The third-order valence-electron chi connectivity index (χ3n) is 5.44. The Hall–Kier alpha value is -3.22. The van der Waals surface area contributed by atoms with Crippen LogP contribution in [0.25, 0.3) is 0 Å². The maximum absolute atomic E-state index is 12.6. The van der Waals surface area contributed by atoms with E-state index in [0.717, 1.165) is 40.9 Å². The number of nitrogens with zero attached hydrogens (tertiary/aromatic N) is 4. The first-order chi connectivity index (χ1) is 13.7. The molecule has 0 atom stereocenters. The summed E-state index contributed by atoms with van der Waals surface area (Å²) < 4.78 is 0. The van der Waals surface area contributed by atoms with Gasteiger partial charge in [-0.15, -0.1) is 0 Å². The highest BCUT2D eigenvalue weighted by molar-refractivity contribution is 6.04. The molecule has 1 fully saturated rings. The molecule has 0 bridgehead atoms. The molecule has 7 heteroatoms. The number of benzene rings is 1. The lowest BCUT2D eigenvalue weighted by Gasteiger charge is -2.23. The van der Waals surface area contributed by atoms with Gasteiger partial charge in [-0.3, -0.25) is 9.78 Å². The Morgan fingerprint density at radius 2 is 1.82 bits per heavy atom. The molecule has 1 saturated carbocycles. The van der Waals surface area contributed by atoms with Crippen molar-refractivity contribution in [3.63, 3.8) is 0 Å². The average molecular weight is 375 g/mol. The molecule has 0 spiro atoms. The van der Waals surface area contributed by atoms with Gasteiger partial charge in [-0.25, -0.2) is 9.80 Å². The molecule has 28 heavy (non-hydrogen) atoms. The Balaban J connectivity index is 1.25. The predicted octanol–water partition coefficient (Wildman–Crippen LogP) is 3.12. The minimum Gasteiger partial charge on any atom is -0.316 e. The van der Waals surface area contributed by atoms with Crippen LogP contribution in [0.3, 0.4) is 0 Å². The van der Waals surface area contributed by atoms with E-state index in [0.29, 0.717) is 32.0 Å². The van der Waals surface area contributed by atoms with E-state index >= 15 is 0 Å². The Bertz CT molecular complexity index is 940. The van der Waals surface area contributed by atoms with E-state index in [4.69, 9.17) is 0 Å². The van der Waals surface area contributed by atoms with Crippen molar-refractivity contribution in [1.29, 1.82) is 0 Å². The number of hydrogen-bond donors (Lipinski definition) is 1. The first-order valence-electron chi connectivity index (χ1n) is 9.65. The summed E-state index contributed by atoms with van der Waals surface area (Å²) in [6.45, 7) is 1.18. The quantitative estimate of drug-likeness (QED) is 0.895. The van der Waals surface area contributed by atoms with Crippen LogP contribution in [0.4, 0.5) is 10.5 Å². The number of amides is 3. The van der Waals surface area contributed by atoms with Gasteiger partial charge in [0.25, 0.3) is 0 Å². The van der Waals surface area contributed by atoms with Crippen LogP contribution in [0.15, 0.2) is 47.8 Å². The molecule has 0 radical (unpaired) electrons. The van der Waals surface area contributed by atoms with Crippen molar-refractivity contribution in [2.75, 3.05) is 5.32 Å². The van der Waals surface area contributed by atoms with Crippen LogP contribution in [0.1, 0.15) is 42.4 Å². The molecular formula is C21H21N5O2. The number of aromatic nitrogens is 1. The minimum absolute atomic E-state index is 0.121. The largest absolute Gasteiger partial charge is 0.322 e.